The largest absolute Gasteiger partial charge is 0.471 e. The van der Waals surface area contributed by atoms with Crippen molar-refractivity contribution >= 4 is 5.70 Å². The maximum absolute atomic E-state index is 14.2. The molecule has 0 amide bonds. The van der Waals surface area contributed by atoms with Gasteiger partial charge in [0.15, 0.2) is 0 Å². The minimum absolute atomic E-state index is 0.183. The van der Waals surface area contributed by atoms with E-state index in [-0.39, 0.29) is 17.1 Å². The van der Waals surface area contributed by atoms with E-state index in [1.165, 1.54) is 12.1 Å². The standard InChI is InChI=1S/C17H15F3N2O/c1-9(21)16-7-14(12-4-2-10(19)6-15(12)20)13-5-3-11(8-18)23-17(13)22-16/h2,4,6-7,11H,1,3,5,8,21H2/t11-/m0/s1. The molecule has 0 bridgehead atoms. The molecule has 0 spiro atoms. The molecule has 120 valence electrons. The van der Waals surface area contributed by atoms with Crippen molar-refractivity contribution in [2.75, 3.05) is 6.67 Å². The molecule has 0 saturated heterocycles. The number of aromatic nitrogens is 1. The zero-order chi connectivity index (χ0) is 16.6. The SMILES string of the molecule is C=C(N)c1cc(-c2ccc(F)cc2F)c2c(n1)O[C@H](CF)CC2. The lowest BCUT2D eigenvalue weighted by molar-refractivity contribution is 0.134. The fourth-order valence-electron chi connectivity index (χ4n) is 2.63. The molecule has 1 aromatic carbocycles. The fraction of sp³-hybridized carbons (Fsp3) is 0.235. The monoisotopic (exact) mass is 320 g/mol. The van der Waals surface area contributed by atoms with Crippen LogP contribution in [0, 0.1) is 11.6 Å². The van der Waals surface area contributed by atoms with Crippen molar-refractivity contribution < 1.29 is 17.9 Å². The van der Waals surface area contributed by atoms with Crippen LogP contribution in [0.1, 0.15) is 17.7 Å². The number of hydrogen-bond donors (Lipinski definition) is 1. The van der Waals surface area contributed by atoms with E-state index in [1.54, 1.807) is 6.07 Å². The topological polar surface area (TPSA) is 48.1 Å². The first-order valence-corrected chi connectivity index (χ1v) is 7.16. The molecule has 2 heterocycles. The number of nitrogens with zero attached hydrogens (tertiary/aromatic N) is 1. The molecule has 0 radical (unpaired) electrons. The normalized spacial score (nSPS) is 16.6. The third kappa shape index (κ3) is 2.88. The van der Waals surface area contributed by atoms with Gasteiger partial charge in [0.05, 0.1) is 11.4 Å². The lowest BCUT2D eigenvalue weighted by Gasteiger charge is -2.26. The van der Waals surface area contributed by atoms with Crippen LogP contribution in [0.3, 0.4) is 0 Å². The molecule has 1 aromatic heterocycles. The van der Waals surface area contributed by atoms with Crippen LogP contribution in [0.25, 0.3) is 16.8 Å². The zero-order valence-electron chi connectivity index (χ0n) is 12.3. The molecular weight excluding hydrogens is 305 g/mol. The number of nitrogens with two attached hydrogens (primary N) is 1. The quantitative estimate of drug-likeness (QED) is 0.939. The fourth-order valence-corrected chi connectivity index (χ4v) is 2.63. The van der Waals surface area contributed by atoms with Gasteiger partial charge in [-0.15, -0.1) is 0 Å². The Bertz CT molecular complexity index is 777. The van der Waals surface area contributed by atoms with Gasteiger partial charge in [0.2, 0.25) is 5.88 Å². The van der Waals surface area contributed by atoms with Crippen molar-refractivity contribution in [3.63, 3.8) is 0 Å². The van der Waals surface area contributed by atoms with E-state index < -0.39 is 24.4 Å². The van der Waals surface area contributed by atoms with Crippen molar-refractivity contribution in [3.8, 4) is 17.0 Å². The first kappa shape index (κ1) is 15.4. The number of hydrogen-bond acceptors (Lipinski definition) is 3. The van der Waals surface area contributed by atoms with Crippen molar-refractivity contribution in [2.45, 2.75) is 18.9 Å². The van der Waals surface area contributed by atoms with E-state index in [0.29, 0.717) is 29.7 Å². The Hall–Kier alpha value is -2.50. The minimum atomic E-state index is -0.695. The van der Waals surface area contributed by atoms with Gasteiger partial charge in [-0.2, -0.15) is 0 Å². The van der Waals surface area contributed by atoms with Gasteiger partial charge in [-0.1, -0.05) is 6.58 Å². The molecule has 0 unspecified atom stereocenters. The van der Waals surface area contributed by atoms with Gasteiger partial charge in [0, 0.05) is 17.2 Å². The van der Waals surface area contributed by atoms with Gasteiger partial charge in [-0.05, 0) is 36.6 Å². The maximum Gasteiger partial charge on any atom is 0.218 e. The van der Waals surface area contributed by atoms with Gasteiger partial charge >= 0.3 is 0 Å². The Labute approximate surface area is 131 Å². The molecule has 1 aliphatic heterocycles. The second kappa shape index (κ2) is 5.95. The molecular formula is C17H15F3N2O. The van der Waals surface area contributed by atoms with E-state index in [1.807, 2.05) is 0 Å². The second-order valence-electron chi connectivity index (χ2n) is 5.42. The Morgan fingerprint density at radius 3 is 2.74 bits per heavy atom. The predicted molar refractivity (Wildman–Crippen MR) is 81.5 cm³/mol. The van der Waals surface area contributed by atoms with Crippen LogP contribution in [0.2, 0.25) is 0 Å². The van der Waals surface area contributed by atoms with Crippen molar-refractivity contribution in [1.29, 1.82) is 0 Å². The second-order valence-corrected chi connectivity index (χ2v) is 5.42. The molecule has 0 fully saturated rings. The number of fused-ring (bicyclic) bond motifs is 1. The third-order valence-corrected chi connectivity index (χ3v) is 3.80. The highest BCUT2D eigenvalue weighted by Crippen LogP contribution is 2.37. The van der Waals surface area contributed by atoms with Crippen LogP contribution >= 0.6 is 0 Å². The molecule has 6 heteroatoms. The molecule has 23 heavy (non-hydrogen) atoms. The summed E-state index contributed by atoms with van der Waals surface area (Å²) in [7, 11) is 0. The number of alkyl halides is 1. The van der Waals surface area contributed by atoms with Gasteiger partial charge < -0.3 is 10.5 Å². The highest BCUT2D eigenvalue weighted by molar-refractivity contribution is 5.74. The molecule has 2 aromatic rings. The summed E-state index contributed by atoms with van der Waals surface area (Å²) in [5, 5.41) is 0. The molecule has 3 nitrogen and oxygen atoms in total. The minimum Gasteiger partial charge on any atom is -0.471 e. The van der Waals surface area contributed by atoms with Gasteiger partial charge in [0.1, 0.15) is 24.4 Å². The molecule has 1 aliphatic rings. The van der Waals surface area contributed by atoms with E-state index >= 15 is 0 Å². The summed E-state index contributed by atoms with van der Waals surface area (Å²) in [5.74, 6) is -1.13. The summed E-state index contributed by atoms with van der Waals surface area (Å²) in [6, 6.07) is 4.94. The van der Waals surface area contributed by atoms with Gasteiger partial charge in [-0.3, -0.25) is 0 Å². The molecule has 2 N–H and O–H groups in total. The number of rotatable bonds is 3. The Kier molecular flexibility index (Phi) is 3.98. The average Bonchev–Trinajstić information content (AvgIpc) is 2.53. The number of halogens is 3. The van der Waals surface area contributed by atoms with Crippen LogP contribution in [0.15, 0.2) is 30.8 Å². The zero-order valence-corrected chi connectivity index (χ0v) is 12.3. The third-order valence-electron chi connectivity index (χ3n) is 3.80. The van der Waals surface area contributed by atoms with Crippen LogP contribution in [0.4, 0.5) is 13.2 Å². The van der Waals surface area contributed by atoms with E-state index in [9.17, 15) is 13.2 Å². The first-order valence-electron chi connectivity index (χ1n) is 7.16. The summed E-state index contributed by atoms with van der Waals surface area (Å²) < 4.78 is 45.7. The maximum atomic E-state index is 14.2. The van der Waals surface area contributed by atoms with Crippen LogP contribution in [-0.2, 0) is 6.42 Å². The molecule has 0 aliphatic carbocycles. The first-order chi connectivity index (χ1) is 11.0. The molecule has 0 saturated carbocycles. The lowest BCUT2D eigenvalue weighted by atomic mass is 9.94. The smallest absolute Gasteiger partial charge is 0.218 e. The Balaban J connectivity index is 2.19. The van der Waals surface area contributed by atoms with Crippen molar-refractivity contribution in [1.82, 2.24) is 4.98 Å². The Morgan fingerprint density at radius 2 is 2.09 bits per heavy atom. The predicted octanol–water partition coefficient (Wildman–Crippen LogP) is 3.62. The summed E-state index contributed by atoms with van der Waals surface area (Å²) in [6.07, 6.45) is 0.367. The highest BCUT2D eigenvalue weighted by atomic mass is 19.1. The van der Waals surface area contributed by atoms with Crippen LogP contribution < -0.4 is 10.5 Å². The average molecular weight is 320 g/mol. The summed E-state index contributed by atoms with van der Waals surface area (Å²) >= 11 is 0. The molecule has 1 atom stereocenters. The molecule has 3 rings (SSSR count). The number of pyridine rings is 1. The number of ether oxygens (including phenoxy) is 1. The summed E-state index contributed by atoms with van der Waals surface area (Å²) in [5.41, 5.74) is 7.57. The van der Waals surface area contributed by atoms with Crippen molar-refractivity contribution in [2.24, 2.45) is 5.73 Å². The van der Waals surface area contributed by atoms with E-state index in [4.69, 9.17) is 10.5 Å². The van der Waals surface area contributed by atoms with E-state index in [0.717, 1.165) is 6.07 Å². The van der Waals surface area contributed by atoms with Crippen LogP contribution in [-0.4, -0.2) is 17.8 Å². The highest BCUT2D eigenvalue weighted by Gasteiger charge is 2.26. The van der Waals surface area contributed by atoms with Crippen molar-refractivity contribution in [3.05, 3.63) is 53.7 Å². The summed E-state index contributed by atoms with van der Waals surface area (Å²) in [6.45, 7) is 2.99. The van der Waals surface area contributed by atoms with Gasteiger partial charge in [-0.25, -0.2) is 18.2 Å². The summed E-state index contributed by atoms with van der Waals surface area (Å²) in [4.78, 5) is 4.23. The van der Waals surface area contributed by atoms with Gasteiger partial charge in [0.25, 0.3) is 0 Å². The van der Waals surface area contributed by atoms with Crippen LogP contribution in [0.5, 0.6) is 5.88 Å². The number of benzene rings is 1. The van der Waals surface area contributed by atoms with E-state index in [2.05, 4.69) is 11.6 Å². The Morgan fingerprint density at radius 1 is 1.30 bits per heavy atom. The lowest BCUT2D eigenvalue weighted by Crippen LogP contribution is -2.26.